The van der Waals surface area contributed by atoms with Gasteiger partial charge in [0.25, 0.3) is 0 Å². The molecule has 1 saturated heterocycles. The number of aromatic amines is 1. The van der Waals surface area contributed by atoms with Crippen LogP contribution in [0.3, 0.4) is 0 Å². The lowest BCUT2D eigenvalue weighted by molar-refractivity contribution is 0.0218. The van der Waals surface area contributed by atoms with Gasteiger partial charge >= 0.3 is 0 Å². The molecule has 0 spiro atoms. The van der Waals surface area contributed by atoms with E-state index in [0.29, 0.717) is 6.04 Å². The van der Waals surface area contributed by atoms with Crippen molar-refractivity contribution in [1.29, 1.82) is 0 Å². The number of hydrogen-bond donors (Lipinski definition) is 2. The van der Waals surface area contributed by atoms with Crippen molar-refractivity contribution in [2.75, 3.05) is 13.1 Å². The van der Waals surface area contributed by atoms with Gasteiger partial charge in [-0.2, -0.15) is 0 Å². The van der Waals surface area contributed by atoms with Crippen LogP contribution in [0.1, 0.15) is 38.7 Å². The summed E-state index contributed by atoms with van der Waals surface area (Å²) in [4.78, 5) is 5.70. The van der Waals surface area contributed by atoms with Gasteiger partial charge in [-0.3, -0.25) is 0 Å². The van der Waals surface area contributed by atoms with Crippen molar-refractivity contribution in [3.8, 4) is 0 Å². The molecule has 1 aromatic heterocycles. The fraction of sp³-hybridized carbons (Fsp3) is 0.529. The van der Waals surface area contributed by atoms with Crippen molar-refractivity contribution in [3.05, 3.63) is 36.0 Å². The van der Waals surface area contributed by atoms with Crippen LogP contribution >= 0.6 is 0 Å². The Labute approximate surface area is 120 Å². The van der Waals surface area contributed by atoms with Crippen LogP contribution in [-0.2, 0) is 5.60 Å². The van der Waals surface area contributed by atoms with Crippen LogP contribution in [0.2, 0.25) is 0 Å². The van der Waals surface area contributed by atoms with Gasteiger partial charge in [-0.15, -0.1) is 0 Å². The van der Waals surface area contributed by atoms with Crippen molar-refractivity contribution in [2.24, 2.45) is 0 Å². The van der Waals surface area contributed by atoms with Crippen LogP contribution in [0.25, 0.3) is 10.9 Å². The number of aromatic nitrogens is 1. The Hall–Kier alpha value is -1.32. The smallest absolute Gasteiger partial charge is 0.0915 e. The first-order chi connectivity index (χ1) is 9.60. The summed E-state index contributed by atoms with van der Waals surface area (Å²) in [6.45, 7) is 6.52. The Bertz CT molecular complexity index is 589. The summed E-state index contributed by atoms with van der Waals surface area (Å²) in [5.74, 6) is 0. The van der Waals surface area contributed by atoms with E-state index >= 15 is 0 Å². The lowest BCUT2D eigenvalue weighted by Gasteiger charge is -2.29. The summed E-state index contributed by atoms with van der Waals surface area (Å²) in [7, 11) is 0. The van der Waals surface area contributed by atoms with Gasteiger partial charge in [-0.25, -0.2) is 0 Å². The average molecular weight is 272 g/mol. The van der Waals surface area contributed by atoms with E-state index in [2.05, 4.69) is 41.9 Å². The molecular weight excluding hydrogens is 248 g/mol. The molecule has 2 heterocycles. The van der Waals surface area contributed by atoms with Crippen LogP contribution in [0.5, 0.6) is 0 Å². The highest BCUT2D eigenvalue weighted by Crippen LogP contribution is 2.36. The molecule has 2 aromatic rings. The molecule has 1 aliphatic rings. The fourth-order valence-electron chi connectivity index (χ4n) is 3.42. The predicted molar refractivity (Wildman–Crippen MR) is 82.8 cm³/mol. The number of nitrogens with one attached hydrogen (secondary N) is 1. The van der Waals surface area contributed by atoms with Crippen molar-refractivity contribution in [3.63, 3.8) is 0 Å². The Balaban J connectivity index is 1.94. The zero-order valence-corrected chi connectivity index (χ0v) is 12.4. The summed E-state index contributed by atoms with van der Waals surface area (Å²) in [5.41, 5.74) is 1.51. The summed E-state index contributed by atoms with van der Waals surface area (Å²) < 4.78 is 0. The zero-order chi connectivity index (χ0) is 14.2. The van der Waals surface area contributed by atoms with Crippen LogP contribution in [0.15, 0.2) is 30.5 Å². The van der Waals surface area contributed by atoms with Gasteiger partial charge in [-0.05, 0) is 57.4 Å². The highest BCUT2D eigenvalue weighted by atomic mass is 16.3. The number of fused-ring (bicyclic) bond motifs is 1. The topological polar surface area (TPSA) is 39.3 Å². The van der Waals surface area contributed by atoms with E-state index < -0.39 is 5.60 Å². The third-order valence-corrected chi connectivity index (χ3v) is 4.67. The molecule has 20 heavy (non-hydrogen) atoms. The molecule has 1 atom stereocenters. The molecule has 0 radical (unpaired) electrons. The van der Waals surface area contributed by atoms with Gasteiger partial charge in [0.2, 0.25) is 0 Å². The van der Waals surface area contributed by atoms with Gasteiger partial charge in [0.05, 0.1) is 5.60 Å². The third kappa shape index (κ3) is 2.36. The molecule has 0 aliphatic carbocycles. The molecule has 1 fully saturated rings. The normalized spacial score (nSPS) is 25.2. The van der Waals surface area contributed by atoms with Gasteiger partial charge in [0, 0.05) is 29.7 Å². The standard InChI is InChI=1S/C17H24N2O/c1-13(2)19-11-4-8-17(20,9-12-19)15-5-3-6-16-14(15)7-10-18-16/h3,5-7,10,13,18,20H,4,8-9,11-12H2,1-2H3. The second-order valence-corrected chi connectivity index (χ2v) is 6.26. The molecule has 2 N–H and O–H groups in total. The minimum absolute atomic E-state index is 0.556. The van der Waals surface area contributed by atoms with Crippen LogP contribution in [-0.4, -0.2) is 34.1 Å². The third-order valence-electron chi connectivity index (χ3n) is 4.67. The van der Waals surface area contributed by atoms with Gasteiger partial charge < -0.3 is 15.0 Å². The maximum Gasteiger partial charge on any atom is 0.0915 e. The first kappa shape index (κ1) is 13.7. The van der Waals surface area contributed by atoms with E-state index in [4.69, 9.17) is 0 Å². The largest absolute Gasteiger partial charge is 0.385 e. The number of nitrogens with zero attached hydrogens (tertiary/aromatic N) is 1. The van der Waals surface area contributed by atoms with Gasteiger partial charge in [-0.1, -0.05) is 12.1 Å². The molecule has 3 rings (SSSR count). The van der Waals surface area contributed by atoms with Crippen LogP contribution < -0.4 is 0 Å². The van der Waals surface area contributed by atoms with Gasteiger partial charge in [0.15, 0.2) is 0 Å². The second kappa shape index (κ2) is 5.23. The van der Waals surface area contributed by atoms with E-state index in [9.17, 15) is 5.11 Å². The van der Waals surface area contributed by atoms with Crippen molar-refractivity contribution >= 4 is 10.9 Å². The number of aliphatic hydroxyl groups is 1. The molecule has 1 aliphatic heterocycles. The second-order valence-electron chi connectivity index (χ2n) is 6.26. The number of likely N-dealkylation sites (tertiary alicyclic amines) is 1. The number of benzene rings is 1. The predicted octanol–water partition coefficient (Wildman–Crippen LogP) is 3.25. The minimum Gasteiger partial charge on any atom is -0.385 e. The summed E-state index contributed by atoms with van der Waals surface area (Å²) >= 11 is 0. The molecule has 1 unspecified atom stereocenters. The maximum absolute atomic E-state index is 11.2. The highest BCUT2D eigenvalue weighted by Gasteiger charge is 2.33. The summed E-state index contributed by atoms with van der Waals surface area (Å²) in [6, 6.07) is 8.83. The Morgan fingerprint density at radius 3 is 2.85 bits per heavy atom. The van der Waals surface area contributed by atoms with E-state index in [-0.39, 0.29) is 0 Å². The first-order valence-corrected chi connectivity index (χ1v) is 7.63. The Morgan fingerprint density at radius 1 is 1.20 bits per heavy atom. The van der Waals surface area contributed by atoms with E-state index in [1.165, 1.54) is 0 Å². The molecular formula is C17H24N2O. The lowest BCUT2D eigenvalue weighted by atomic mass is 9.85. The fourth-order valence-corrected chi connectivity index (χ4v) is 3.42. The van der Waals surface area contributed by atoms with Crippen molar-refractivity contribution in [1.82, 2.24) is 9.88 Å². The van der Waals surface area contributed by atoms with E-state index in [0.717, 1.165) is 48.8 Å². The van der Waals surface area contributed by atoms with E-state index in [1.807, 2.05) is 12.3 Å². The SMILES string of the molecule is CC(C)N1CCCC(O)(c2cccc3[nH]ccc23)CC1. The monoisotopic (exact) mass is 272 g/mol. The summed E-state index contributed by atoms with van der Waals surface area (Å²) in [5, 5.41) is 12.4. The zero-order valence-electron chi connectivity index (χ0n) is 12.4. The highest BCUT2D eigenvalue weighted by molar-refractivity contribution is 5.83. The maximum atomic E-state index is 11.2. The van der Waals surface area contributed by atoms with Crippen LogP contribution in [0.4, 0.5) is 0 Å². The molecule has 0 amide bonds. The number of hydrogen-bond acceptors (Lipinski definition) is 2. The molecule has 0 saturated carbocycles. The lowest BCUT2D eigenvalue weighted by Crippen LogP contribution is -2.33. The quantitative estimate of drug-likeness (QED) is 0.881. The first-order valence-electron chi connectivity index (χ1n) is 7.63. The van der Waals surface area contributed by atoms with Gasteiger partial charge in [0.1, 0.15) is 0 Å². The number of rotatable bonds is 2. The number of H-pyrrole nitrogens is 1. The average Bonchev–Trinajstić information content (AvgIpc) is 2.81. The summed E-state index contributed by atoms with van der Waals surface area (Å²) in [6.07, 6.45) is 4.67. The molecule has 3 nitrogen and oxygen atoms in total. The molecule has 108 valence electrons. The Morgan fingerprint density at radius 2 is 2.05 bits per heavy atom. The van der Waals surface area contributed by atoms with Crippen molar-refractivity contribution in [2.45, 2.75) is 44.8 Å². The van der Waals surface area contributed by atoms with Crippen LogP contribution in [0, 0.1) is 0 Å². The molecule has 0 bridgehead atoms. The Kier molecular flexibility index (Phi) is 3.57. The minimum atomic E-state index is -0.689. The molecule has 3 heteroatoms. The van der Waals surface area contributed by atoms with Crippen molar-refractivity contribution < 1.29 is 5.11 Å². The molecule has 1 aromatic carbocycles. The van der Waals surface area contributed by atoms with E-state index in [1.54, 1.807) is 0 Å².